The zero-order valence-corrected chi connectivity index (χ0v) is 24.1. The van der Waals surface area contributed by atoms with Crippen LogP contribution in [-0.2, 0) is 14.3 Å². The van der Waals surface area contributed by atoms with Crippen LogP contribution in [0.5, 0.6) is 0 Å². The van der Waals surface area contributed by atoms with Crippen molar-refractivity contribution in [3.05, 3.63) is 71.8 Å². The van der Waals surface area contributed by atoms with Gasteiger partial charge in [0, 0.05) is 28.8 Å². The smallest absolute Gasteiger partial charge is 0.178 e. The van der Waals surface area contributed by atoms with E-state index in [4.69, 9.17) is 8.85 Å². The summed E-state index contributed by atoms with van der Waals surface area (Å²) in [6.45, 7) is 9.61. The lowest BCUT2D eigenvalue weighted by Crippen LogP contribution is -2.56. The van der Waals surface area contributed by atoms with Crippen molar-refractivity contribution in [1.29, 1.82) is 0 Å². The molecule has 2 nitrogen and oxygen atoms in total. The number of unbranched alkanes of at least 4 members (excludes halogenated alkanes) is 1. The molecule has 1 fully saturated rings. The first-order chi connectivity index (χ1) is 14.0. The minimum atomic E-state index is -1.12. The van der Waals surface area contributed by atoms with E-state index in [1.165, 1.54) is 30.4 Å². The topological polar surface area (TPSA) is 18.5 Å². The van der Waals surface area contributed by atoms with Crippen LogP contribution in [0.2, 0.25) is 0 Å². The molecule has 158 valence electrons. The Morgan fingerprint density at radius 2 is 1.62 bits per heavy atom. The van der Waals surface area contributed by atoms with Gasteiger partial charge in [-0.05, 0) is 29.9 Å². The molecule has 0 amide bonds. The lowest BCUT2D eigenvalue weighted by atomic mass is 9.54. The molecule has 2 unspecified atom stereocenters. The van der Waals surface area contributed by atoms with E-state index < -0.39 is 8.56 Å². The van der Waals surface area contributed by atoms with Gasteiger partial charge in [-0.1, -0.05) is 94.3 Å². The highest BCUT2D eigenvalue weighted by Crippen LogP contribution is 2.53. The van der Waals surface area contributed by atoms with Crippen molar-refractivity contribution in [1.82, 2.24) is 0 Å². The minimum Gasteiger partial charge on any atom is -0.429 e. The van der Waals surface area contributed by atoms with Crippen molar-refractivity contribution in [2.24, 2.45) is 5.41 Å². The predicted octanol–water partition coefficient (Wildman–Crippen LogP) is 2.64. The molecule has 1 aliphatic heterocycles. The largest absolute Gasteiger partial charge is 0.429 e. The van der Waals surface area contributed by atoms with Crippen molar-refractivity contribution in [3.8, 4) is 0 Å². The summed E-state index contributed by atoms with van der Waals surface area (Å²) < 4.78 is 13.1. The van der Waals surface area contributed by atoms with Gasteiger partial charge in [0.1, 0.15) is 9.28 Å². The summed E-state index contributed by atoms with van der Waals surface area (Å²) in [6.07, 6.45) is 4.85. The van der Waals surface area contributed by atoms with Gasteiger partial charge in [-0.3, -0.25) is 0 Å². The second-order valence-corrected chi connectivity index (χ2v) is 32.5. The Morgan fingerprint density at radius 1 is 1.03 bits per heavy atom. The normalized spacial score (nSPS) is 21.6. The SMILES string of the molecule is CCCCC(C)(C)C(c1ccccc1)(c1ccccc1)C(C)O[SiH]1CO[SiH2][SiH2][SiH2]1. The van der Waals surface area contributed by atoms with Crippen molar-refractivity contribution in [2.45, 2.75) is 58.5 Å². The fourth-order valence-corrected chi connectivity index (χ4v) is 43.3. The third-order valence-corrected chi connectivity index (χ3v) is 39.8. The Labute approximate surface area is 185 Å². The Hall–Kier alpha value is -0.772. The van der Waals surface area contributed by atoms with E-state index in [-0.39, 0.29) is 43.3 Å². The molecule has 0 spiro atoms. The van der Waals surface area contributed by atoms with Gasteiger partial charge in [0.05, 0.1) is 6.10 Å². The van der Waals surface area contributed by atoms with Crippen molar-refractivity contribution >= 4 is 34.9 Å². The first kappa shape index (κ1) is 22.9. The average molecular weight is 459 g/mol. The van der Waals surface area contributed by atoms with Crippen LogP contribution < -0.4 is 0 Å². The molecule has 1 heterocycles. The highest BCUT2D eigenvalue weighted by Gasteiger charge is 2.52. The molecular weight excluding hydrogens is 421 g/mol. The Balaban J connectivity index is 2.13. The van der Waals surface area contributed by atoms with E-state index >= 15 is 0 Å². The molecule has 0 aromatic heterocycles. The number of benzene rings is 2. The zero-order valence-electron chi connectivity index (χ0n) is 18.7. The van der Waals surface area contributed by atoms with Crippen molar-refractivity contribution in [3.63, 3.8) is 0 Å². The molecule has 0 N–H and O–H groups in total. The van der Waals surface area contributed by atoms with Crippen LogP contribution in [0.3, 0.4) is 0 Å². The zero-order chi connectivity index (χ0) is 20.7. The van der Waals surface area contributed by atoms with Crippen LogP contribution in [0.15, 0.2) is 60.7 Å². The lowest BCUT2D eigenvalue weighted by molar-refractivity contribution is 0.0473. The van der Waals surface area contributed by atoms with Gasteiger partial charge in [0.25, 0.3) is 0 Å². The number of hydrogen-bond acceptors (Lipinski definition) is 2. The molecule has 2 atom stereocenters. The van der Waals surface area contributed by atoms with Gasteiger partial charge in [-0.2, -0.15) is 0 Å². The van der Waals surface area contributed by atoms with Crippen LogP contribution in [0.25, 0.3) is 0 Å². The minimum absolute atomic E-state index is 0.0761. The fourth-order valence-electron chi connectivity index (χ4n) is 5.40. The standard InChI is InChI=1S/C23H38O2Si4/c1-5-6-17-22(3,4)23(20-13-9-7-10-14-20,21-15-11-8-12-16-21)19(2)25-29-18-24-26-27-28-29/h7-16,19,29H,5-6,17-18,26-28H2,1-4H3. The number of rotatable bonds is 9. The van der Waals surface area contributed by atoms with E-state index in [1.54, 1.807) is 0 Å². The lowest BCUT2D eigenvalue weighted by Gasteiger charge is -2.52. The molecule has 2 aromatic rings. The second-order valence-electron chi connectivity index (χ2n) is 9.14. The van der Waals surface area contributed by atoms with Gasteiger partial charge >= 0.3 is 0 Å². The van der Waals surface area contributed by atoms with Crippen LogP contribution in [0.4, 0.5) is 0 Å². The predicted molar refractivity (Wildman–Crippen MR) is 136 cm³/mol. The second kappa shape index (κ2) is 10.5. The summed E-state index contributed by atoms with van der Waals surface area (Å²) in [5, 5.41) is 0. The summed E-state index contributed by atoms with van der Waals surface area (Å²) in [7, 11) is -0.905. The van der Waals surface area contributed by atoms with Crippen LogP contribution in [0, 0.1) is 5.41 Å². The van der Waals surface area contributed by atoms with Crippen molar-refractivity contribution in [2.75, 3.05) is 6.23 Å². The average Bonchev–Trinajstić information content (AvgIpc) is 2.75. The summed E-state index contributed by atoms with van der Waals surface area (Å²) in [4.78, 5) is 0. The first-order valence-corrected chi connectivity index (χ1v) is 24.5. The molecule has 2 aromatic carbocycles. The third-order valence-electron chi connectivity index (χ3n) is 6.81. The maximum Gasteiger partial charge on any atom is 0.178 e. The van der Waals surface area contributed by atoms with Gasteiger partial charge < -0.3 is 8.85 Å². The molecular formula is C23H38O2Si4. The van der Waals surface area contributed by atoms with E-state index in [1.807, 2.05) is 0 Å². The quantitative estimate of drug-likeness (QED) is 0.538. The van der Waals surface area contributed by atoms with E-state index in [0.29, 0.717) is 0 Å². The summed E-state index contributed by atoms with van der Waals surface area (Å²) in [6, 6.07) is 22.4. The first-order valence-electron chi connectivity index (χ1n) is 11.4. The third kappa shape index (κ3) is 4.94. The maximum atomic E-state index is 7.06. The van der Waals surface area contributed by atoms with E-state index in [2.05, 4.69) is 88.4 Å². The van der Waals surface area contributed by atoms with E-state index in [9.17, 15) is 0 Å². The molecule has 0 radical (unpaired) electrons. The molecule has 1 saturated heterocycles. The van der Waals surface area contributed by atoms with Crippen LogP contribution in [0.1, 0.15) is 58.1 Å². The highest BCUT2D eigenvalue weighted by atomic mass is 29.7. The highest BCUT2D eigenvalue weighted by molar-refractivity contribution is 7.47. The summed E-state index contributed by atoms with van der Waals surface area (Å²) in [5.41, 5.74) is 2.74. The Bertz CT molecular complexity index is 694. The van der Waals surface area contributed by atoms with E-state index in [0.717, 1.165) is 6.23 Å². The molecule has 0 saturated carbocycles. The Kier molecular flexibility index (Phi) is 8.30. The molecule has 29 heavy (non-hydrogen) atoms. The molecule has 0 bridgehead atoms. The van der Waals surface area contributed by atoms with Crippen LogP contribution in [-0.4, -0.2) is 47.3 Å². The van der Waals surface area contributed by atoms with Crippen molar-refractivity contribution < 1.29 is 8.85 Å². The molecule has 3 rings (SSSR count). The molecule has 1 aliphatic rings. The van der Waals surface area contributed by atoms with Gasteiger partial charge in [0.2, 0.25) is 0 Å². The monoisotopic (exact) mass is 458 g/mol. The summed E-state index contributed by atoms with van der Waals surface area (Å²) in [5.74, 6) is 0. The van der Waals surface area contributed by atoms with Gasteiger partial charge in [-0.25, -0.2) is 0 Å². The maximum absolute atomic E-state index is 7.06. The van der Waals surface area contributed by atoms with Crippen LogP contribution >= 0.6 is 0 Å². The molecule has 6 heteroatoms. The Morgan fingerprint density at radius 3 is 2.10 bits per heavy atom. The van der Waals surface area contributed by atoms with Gasteiger partial charge in [0.15, 0.2) is 8.56 Å². The van der Waals surface area contributed by atoms with Gasteiger partial charge in [-0.15, -0.1) is 0 Å². The number of hydrogen-bond donors (Lipinski definition) is 0. The fraction of sp³-hybridized carbons (Fsp3) is 0.478. The molecule has 0 aliphatic carbocycles. The summed E-state index contributed by atoms with van der Waals surface area (Å²) >= 11 is 0.